The molecule has 4 rings (SSSR count). The van der Waals surface area contributed by atoms with Crippen LogP contribution < -0.4 is 10.7 Å². The number of hydrazone groups is 1. The number of nitrogens with zero attached hydrogens (tertiary/aromatic N) is 3. The number of thioether (sulfide) groups is 1. The smallest absolute Gasteiger partial charge is 0.273 e. The predicted octanol–water partition coefficient (Wildman–Crippen LogP) is 5.18. The normalized spacial score (nSPS) is 10.9. The summed E-state index contributed by atoms with van der Waals surface area (Å²) in [4.78, 5) is 29.9. The van der Waals surface area contributed by atoms with Gasteiger partial charge in [-0.1, -0.05) is 69.7 Å². The minimum Gasteiger partial charge on any atom is -0.321 e. The van der Waals surface area contributed by atoms with E-state index in [4.69, 9.17) is 0 Å². The molecule has 0 aliphatic rings. The van der Waals surface area contributed by atoms with Crippen molar-refractivity contribution < 1.29 is 9.59 Å². The molecular formula is C25H21BrN6O2S. The average Bonchev–Trinajstić information content (AvgIpc) is 3.39. The van der Waals surface area contributed by atoms with Crippen molar-refractivity contribution in [3.8, 4) is 0 Å². The van der Waals surface area contributed by atoms with E-state index < -0.39 is 5.91 Å². The molecule has 1 aromatic heterocycles. The molecule has 0 aliphatic carbocycles. The highest BCUT2D eigenvalue weighted by molar-refractivity contribution is 9.10. The lowest BCUT2D eigenvalue weighted by molar-refractivity contribution is 0.0956. The van der Waals surface area contributed by atoms with Crippen LogP contribution in [0.25, 0.3) is 0 Å². The lowest BCUT2D eigenvalue weighted by Gasteiger charge is -2.11. The summed E-state index contributed by atoms with van der Waals surface area (Å²) in [5, 5.41) is 14.2. The van der Waals surface area contributed by atoms with E-state index >= 15 is 0 Å². The van der Waals surface area contributed by atoms with E-state index in [-0.39, 0.29) is 11.5 Å². The first-order valence-corrected chi connectivity index (χ1v) is 12.3. The highest BCUT2D eigenvalue weighted by atomic mass is 79.9. The van der Waals surface area contributed by atoms with Crippen LogP contribution in [0.5, 0.6) is 0 Å². The molecule has 0 unspecified atom stereocenters. The van der Waals surface area contributed by atoms with Crippen molar-refractivity contribution in [2.45, 2.75) is 17.8 Å². The summed E-state index contributed by atoms with van der Waals surface area (Å²) < 4.78 is 0.703. The number of hydrogen-bond donors (Lipinski definition) is 3. The molecular weight excluding hydrogens is 528 g/mol. The van der Waals surface area contributed by atoms with Crippen LogP contribution in [0.4, 0.5) is 5.69 Å². The second kappa shape index (κ2) is 11.6. The predicted molar refractivity (Wildman–Crippen MR) is 141 cm³/mol. The van der Waals surface area contributed by atoms with E-state index in [9.17, 15) is 9.59 Å². The molecule has 1 heterocycles. The summed E-state index contributed by atoms with van der Waals surface area (Å²) in [6, 6.07) is 20.1. The second-order valence-electron chi connectivity index (χ2n) is 7.52. The van der Waals surface area contributed by atoms with Crippen molar-refractivity contribution in [2.75, 3.05) is 5.32 Å². The maximum Gasteiger partial charge on any atom is 0.273 e. The number of halogens is 1. The van der Waals surface area contributed by atoms with Crippen LogP contribution in [0.15, 0.2) is 87.8 Å². The van der Waals surface area contributed by atoms with Crippen LogP contribution in [0, 0.1) is 6.92 Å². The van der Waals surface area contributed by atoms with Crippen LogP contribution in [-0.4, -0.2) is 33.2 Å². The van der Waals surface area contributed by atoms with E-state index in [1.807, 2.05) is 43.3 Å². The first-order valence-electron chi connectivity index (χ1n) is 10.6. The molecule has 0 saturated carbocycles. The van der Waals surface area contributed by atoms with Gasteiger partial charge in [-0.2, -0.15) is 5.10 Å². The van der Waals surface area contributed by atoms with Gasteiger partial charge in [-0.25, -0.2) is 10.4 Å². The summed E-state index contributed by atoms with van der Waals surface area (Å²) in [5.41, 5.74) is 6.61. The van der Waals surface area contributed by atoms with E-state index in [2.05, 4.69) is 47.0 Å². The van der Waals surface area contributed by atoms with Crippen molar-refractivity contribution in [1.82, 2.24) is 20.6 Å². The standard InChI is InChI=1S/C25H21BrN6O2S/c1-16-5-7-17(8-6-16)13-28-31-24(34)21-12-20(26)9-10-22(21)30-23(33)19-4-2-3-18(11-19)14-35-25-27-15-29-32-25/h2-13,15H,14H2,1H3,(H,30,33)(H,31,34)(H,27,29,32)/b28-13+. The monoisotopic (exact) mass is 548 g/mol. The van der Waals surface area contributed by atoms with Gasteiger partial charge in [-0.15, -0.1) is 5.10 Å². The van der Waals surface area contributed by atoms with Crippen LogP contribution in [0.1, 0.15) is 37.4 Å². The van der Waals surface area contributed by atoms with E-state index in [0.29, 0.717) is 26.6 Å². The van der Waals surface area contributed by atoms with Gasteiger partial charge in [0.1, 0.15) is 6.33 Å². The zero-order valence-corrected chi connectivity index (χ0v) is 21.1. The number of benzene rings is 3. The largest absolute Gasteiger partial charge is 0.321 e. The zero-order valence-electron chi connectivity index (χ0n) is 18.7. The molecule has 10 heteroatoms. The fraction of sp³-hybridized carbons (Fsp3) is 0.0800. The molecule has 0 bridgehead atoms. The number of carbonyl (C=O) groups excluding carboxylic acids is 2. The van der Waals surface area contributed by atoms with Gasteiger partial charge in [0.15, 0.2) is 0 Å². The number of carbonyl (C=O) groups is 2. The Morgan fingerprint density at radius 1 is 1.09 bits per heavy atom. The van der Waals surface area contributed by atoms with Gasteiger partial charge in [0.05, 0.1) is 17.5 Å². The van der Waals surface area contributed by atoms with Crippen LogP contribution in [0.2, 0.25) is 0 Å². The average molecular weight is 549 g/mol. The minimum atomic E-state index is -0.443. The molecule has 176 valence electrons. The first kappa shape index (κ1) is 24.4. The van der Waals surface area contributed by atoms with Crippen molar-refractivity contribution >= 4 is 51.4 Å². The maximum atomic E-state index is 13.0. The number of rotatable bonds is 8. The quantitative estimate of drug-likeness (QED) is 0.159. The number of aromatic nitrogens is 3. The molecule has 8 nitrogen and oxygen atoms in total. The number of anilines is 1. The number of H-pyrrole nitrogens is 1. The van der Waals surface area contributed by atoms with Crippen molar-refractivity contribution in [3.63, 3.8) is 0 Å². The van der Waals surface area contributed by atoms with Crippen LogP contribution in [0.3, 0.4) is 0 Å². The first-order chi connectivity index (χ1) is 17.0. The van der Waals surface area contributed by atoms with E-state index in [1.165, 1.54) is 18.1 Å². The summed E-state index contributed by atoms with van der Waals surface area (Å²) in [6.45, 7) is 2.00. The van der Waals surface area contributed by atoms with Gasteiger partial charge in [0.2, 0.25) is 5.16 Å². The molecule has 0 aliphatic heterocycles. The van der Waals surface area contributed by atoms with Crippen LogP contribution in [-0.2, 0) is 5.75 Å². The highest BCUT2D eigenvalue weighted by Crippen LogP contribution is 2.23. The highest BCUT2D eigenvalue weighted by Gasteiger charge is 2.15. The number of hydrogen-bond acceptors (Lipinski definition) is 6. The van der Waals surface area contributed by atoms with Crippen LogP contribution >= 0.6 is 27.7 Å². The summed E-state index contributed by atoms with van der Waals surface area (Å²) in [7, 11) is 0. The molecule has 0 spiro atoms. The van der Waals surface area contributed by atoms with Gasteiger partial charge in [-0.05, 0) is 48.4 Å². The van der Waals surface area contributed by atoms with E-state index in [1.54, 1.807) is 36.5 Å². The molecule has 0 fully saturated rings. The molecule has 0 saturated heterocycles. The fourth-order valence-electron chi connectivity index (χ4n) is 3.10. The third kappa shape index (κ3) is 6.87. The third-order valence-electron chi connectivity index (χ3n) is 4.88. The van der Waals surface area contributed by atoms with E-state index in [0.717, 1.165) is 16.7 Å². The van der Waals surface area contributed by atoms with Crippen molar-refractivity contribution in [2.24, 2.45) is 5.10 Å². The Bertz CT molecular complexity index is 1360. The van der Waals surface area contributed by atoms with Gasteiger partial charge in [-0.3, -0.25) is 14.7 Å². The van der Waals surface area contributed by atoms with Crippen molar-refractivity contribution in [1.29, 1.82) is 0 Å². The molecule has 0 atom stereocenters. The number of nitrogens with one attached hydrogen (secondary N) is 3. The Morgan fingerprint density at radius 3 is 2.69 bits per heavy atom. The Labute approximate surface area is 214 Å². The zero-order chi connectivity index (χ0) is 24.6. The second-order valence-corrected chi connectivity index (χ2v) is 9.38. The Hall–Kier alpha value is -3.76. The van der Waals surface area contributed by atoms with Gasteiger partial charge in [0.25, 0.3) is 11.8 Å². The fourth-order valence-corrected chi connectivity index (χ4v) is 4.18. The SMILES string of the molecule is Cc1ccc(/C=N/NC(=O)c2cc(Br)ccc2NC(=O)c2cccc(CSc3nc[nH]n3)c2)cc1. The number of aryl methyl sites for hydroxylation is 1. The summed E-state index contributed by atoms with van der Waals surface area (Å²) in [5.74, 6) is -0.153. The molecule has 35 heavy (non-hydrogen) atoms. The van der Waals surface area contributed by atoms with Gasteiger partial charge < -0.3 is 5.32 Å². The summed E-state index contributed by atoms with van der Waals surface area (Å²) >= 11 is 4.85. The number of amides is 2. The van der Waals surface area contributed by atoms with Gasteiger partial charge in [0, 0.05) is 15.8 Å². The van der Waals surface area contributed by atoms with Crippen molar-refractivity contribution in [3.05, 3.63) is 105 Å². The maximum absolute atomic E-state index is 13.0. The Morgan fingerprint density at radius 2 is 1.91 bits per heavy atom. The third-order valence-corrected chi connectivity index (χ3v) is 6.31. The Balaban J connectivity index is 1.44. The lowest BCUT2D eigenvalue weighted by atomic mass is 10.1. The molecule has 0 radical (unpaired) electrons. The Kier molecular flexibility index (Phi) is 8.07. The molecule has 2 amide bonds. The lowest BCUT2D eigenvalue weighted by Crippen LogP contribution is -2.21. The minimum absolute atomic E-state index is 0.282. The molecule has 3 N–H and O–H groups in total. The summed E-state index contributed by atoms with van der Waals surface area (Å²) in [6.07, 6.45) is 3.08. The number of aromatic amines is 1. The topological polar surface area (TPSA) is 112 Å². The molecule has 3 aromatic carbocycles. The van der Waals surface area contributed by atoms with Gasteiger partial charge >= 0.3 is 0 Å². The molecule has 4 aromatic rings.